The molecule has 5 rings (SSSR count). The molecule has 9 heteroatoms. The summed E-state index contributed by atoms with van der Waals surface area (Å²) in [5.41, 5.74) is 4.51. The van der Waals surface area contributed by atoms with E-state index in [2.05, 4.69) is 29.7 Å². The molecule has 4 aromatic rings. The molecule has 1 aromatic carbocycles. The molecule has 1 amide bonds. The summed E-state index contributed by atoms with van der Waals surface area (Å²) in [6.07, 6.45) is 5.39. The molecule has 0 atom stereocenters. The number of thiazole rings is 1. The third-order valence-corrected chi connectivity index (χ3v) is 8.31. The maximum absolute atomic E-state index is 13.5. The zero-order valence-corrected chi connectivity index (χ0v) is 22.3. The molecular formula is C28H32FN5O2S. The van der Waals surface area contributed by atoms with Crippen LogP contribution in [-0.4, -0.2) is 50.4 Å². The maximum Gasteiger partial charge on any atom is 0.222 e. The number of hydrogen-bond acceptors (Lipinski definition) is 6. The molecule has 37 heavy (non-hydrogen) atoms. The van der Waals surface area contributed by atoms with Crippen LogP contribution in [-0.2, 0) is 17.8 Å². The van der Waals surface area contributed by atoms with Crippen LogP contribution in [0, 0.1) is 5.82 Å². The minimum atomic E-state index is -0.307. The van der Waals surface area contributed by atoms with Gasteiger partial charge in [-0.25, -0.2) is 14.4 Å². The molecule has 1 saturated heterocycles. The van der Waals surface area contributed by atoms with Crippen molar-refractivity contribution >= 4 is 33.8 Å². The van der Waals surface area contributed by atoms with E-state index in [4.69, 9.17) is 9.97 Å². The summed E-state index contributed by atoms with van der Waals surface area (Å²) >= 11 is 1.42. The number of anilines is 2. The van der Waals surface area contributed by atoms with E-state index in [9.17, 15) is 14.3 Å². The molecule has 0 bridgehead atoms. The number of aromatic nitrogens is 3. The van der Waals surface area contributed by atoms with Crippen molar-refractivity contribution in [3.05, 3.63) is 64.5 Å². The fourth-order valence-corrected chi connectivity index (χ4v) is 6.04. The van der Waals surface area contributed by atoms with Crippen molar-refractivity contribution in [3.8, 4) is 11.3 Å². The Morgan fingerprint density at radius 2 is 1.86 bits per heavy atom. The summed E-state index contributed by atoms with van der Waals surface area (Å²) in [5.74, 6) is 1.26. The van der Waals surface area contributed by atoms with E-state index in [1.165, 1.54) is 29.0 Å². The van der Waals surface area contributed by atoms with Crippen molar-refractivity contribution in [2.24, 2.45) is 0 Å². The molecule has 0 aliphatic carbocycles. The zero-order chi connectivity index (χ0) is 26.1. The first kappa shape index (κ1) is 25.4. The molecule has 0 spiro atoms. The number of nitrogens with zero attached hydrogens (tertiary/aromatic N) is 5. The van der Waals surface area contributed by atoms with Gasteiger partial charge in [0.05, 0.1) is 22.9 Å². The Morgan fingerprint density at radius 1 is 1.14 bits per heavy atom. The summed E-state index contributed by atoms with van der Waals surface area (Å²) in [5, 5.41) is 10.8. The normalized spacial score (nSPS) is 14.5. The number of pyridine rings is 1. The van der Waals surface area contributed by atoms with Gasteiger partial charge in [0, 0.05) is 38.3 Å². The van der Waals surface area contributed by atoms with Gasteiger partial charge in [0.15, 0.2) is 5.13 Å². The second-order valence-electron chi connectivity index (χ2n) is 9.43. The molecule has 1 aliphatic rings. The second-order valence-corrected chi connectivity index (χ2v) is 10.5. The van der Waals surface area contributed by atoms with Crippen molar-refractivity contribution in [1.82, 2.24) is 19.3 Å². The monoisotopic (exact) mass is 521 g/mol. The number of likely N-dealkylation sites (tertiary alicyclic amines) is 1. The standard InChI is InChI=1S/C28H32FN5O2S/c1-4-22-27(32(3)28-31-26(23(17-35)37-28)19-6-9-21(29)10-7-19)34-16-20(8-11-24(34)30-22)18-12-14-33(15-13-18)25(36)5-2/h6-11,16,18,35H,4-5,12-15,17H2,1-3H3. The van der Waals surface area contributed by atoms with E-state index < -0.39 is 0 Å². The highest BCUT2D eigenvalue weighted by Gasteiger charge is 2.25. The van der Waals surface area contributed by atoms with Crippen LogP contribution in [0.15, 0.2) is 42.6 Å². The Hall–Kier alpha value is -3.30. The van der Waals surface area contributed by atoms with Crippen molar-refractivity contribution < 1.29 is 14.3 Å². The minimum Gasteiger partial charge on any atom is -0.391 e. The van der Waals surface area contributed by atoms with Gasteiger partial charge in [0.2, 0.25) is 5.91 Å². The Balaban J connectivity index is 1.49. The van der Waals surface area contributed by atoms with Crippen LogP contribution < -0.4 is 4.90 Å². The van der Waals surface area contributed by atoms with Crippen LogP contribution in [0.2, 0.25) is 0 Å². The number of halogens is 1. The fraction of sp³-hybridized carbons (Fsp3) is 0.393. The summed E-state index contributed by atoms with van der Waals surface area (Å²) < 4.78 is 15.6. The Labute approximate surface area is 220 Å². The Morgan fingerprint density at radius 3 is 2.51 bits per heavy atom. The van der Waals surface area contributed by atoms with Gasteiger partial charge in [0.25, 0.3) is 0 Å². The van der Waals surface area contributed by atoms with E-state index in [1.54, 1.807) is 12.1 Å². The highest BCUT2D eigenvalue weighted by molar-refractivity contribution is 7.16. The molecule has 0 unspecified atom stereocenters. The number of imidazole rings is 1. The minimum absolute atomic E-state index is 0.143. The average molecular weight is 522 g/mol. The summed E-state index contributed by atoms with van der Waals surface area (Å²) in [7, 11) is 1.97. The van der Waals surface area contributed by atoms with Crippen molar-refractivity contribution in [2.45, 2.75) is 52.1 Å². The van der Waals surface area contributed by atoms with Gasteiger partial charge < -0.3 is 14.9 Å². The predicted octanol–water partition coefficient (Wildman–Crippen LogP) is 5.54. The lowest BCUT2D eigenvalue weighted by Gasteiger charge is -2.32. The molecule has 0 saturated carbocycles. The van der Waals surface area contributed by atoms with Crippen LogP contribution in [0.4, 0.5) is 15.3 Å². The number of hydrogen-bond donors (Lipinski definition) is 1. The lowest BCUT2D eigenvalue weighted by molar-refractivity contribution is -0.131. The number of aryl methyl sites for hydroxylation is 1. The molecular weight excluding hydrogens is 489 g/mol. The molecule has 194 valence electrons. The van der Waals surface area contributed by atoms with Gasteiger partial charge in [-0.15, -0.1) is 0 Å². The van der Waals surface area contributed by atoms with Gasteiger partial charge in [0.1, 0.15) is 17.3 Å². The largest absolute Gasteiger partial charge is 0.391 e. The van der Waals surface area contributed by atoms with Crippen LogP contribution >= 0.6 is 11.3 Å². The molecule has 3 aromatic heterocycles. The highest BCUT2D eigenvalue weighted by Crippen LogP contribution is 2.38. The molecule has 0 radical (unpaired) electrons. The summed E-state index contributed by atoms with van der Waals surface area (Å²) in [6, 6.07) is 10.4. The van der Waals surface area contributed by atoms with Gasteiger partial charge in [-0.05, 0) is 61.1 Å². The highest BCUT2D eigenvalue weighted by atomic mass is 32.1. The molecule has 7 nitrogen and oxygen atoms in total. The van der Waals surface area contributed by atoms with Gasteiger partial charge in [-0.1, -0.05) is 31.3 Å². The van der Waals surface area contributed by atoms with Gasteiger partial charge in [-0.3, -0.25) is 9.20 Å². The first-order chi connectivity index (χ1) is 17.9. The van der Waals surface area contributed by atoms with E-state index in [0.717, 1.165) is 65.1 Å². The quantitative estimate of drug-likeness (QED) is 0.346. The van der Waals surface area contributed by atoms with Crippen molar-refractivity contribution in [2.75, 3.05) is 25.0 Å². The van der Waals surface area contributed by atoms with E-state index >= 15 is 0 Å². The number of aliphatic hydroxyl groups is 1. The topological polar surface area (TPSA) is 74.0 Å². The third kappa shape index (κ3) is 4.85. The van der Waals surface area contributed by atoms with Crippen LogP contribution in [0.1, 0.15) is 55.2 Å². The van der Waals surface area contributed by atoms with Crippen LogP contribution in [0.5, 0.6) is 0 Å². The van der Waals surface area contributed by atoms with E-state index in [1.807, 2.05) is 23.8 Å². The third-order valence-electron chi connectivity index (χ3n) is 7.19. The van der Waals surface area contributed by atoms with Crippen molar-refractivity contribution in [3.63, 3.8) is 0 Å². The summed E-state index contributed by atoms with van der Waals surface area (Å²) in [6.45, 7) is 5.45. The van der Waals surface area contributed by atoms with Gasteiger partial charge >= 0.3 is 0 Å². The smallest absolute Gasteiger partial charge is 0.222 e. The molecule has 1 fully saturated rings. The van der Waals surface area contributed by atoms with Crippen LogP contribution in [0.3, 0.4) is 0 Å². The van der Waals surface area contributed by atoms with E-state index in [-0.39, 0.29) is 18.3 Å². The van der Waals surface area contributed by atoms with Crippen LogP contribution in [0.25, 0.3) is 16.9 Å². The maximum atomic E-state index is 13.5. The first-order valence-electron chi connectivity index (χ1n) is 12.8. The number of piperidine rings is 1. The number of benzene rings is 1. The Kier molecular flexibility index (Phi) is 7.26. The lowest BCUT2D eigenvalue weighted by Crippen LogP contribution is -2.37. The average Bonchev–Trinajstić information content (AvgIpc) is 3.54. The predicted molar refractivity (Wildman–Crippen MR) is 145 cm³/mol. The molecule has 1 aliphatic heterocycles. The second kappa shape index (κ2) is 10.6. The number of rotatable bonds is 7. The van der Waals surface area contributed by atoms with E-state index in [0.29, 0.717) is 18.0 Å². The number of carbonyl (C=O) groups excluding carboxylic acids is 1. The zero-order valence-electron chi connectivity index (χ0n) is 21.4. The van der Waals surface area contributed by atoms with Gasteiger partial charge in [-0.2, -0.15) is 0 Å². The molecule has 1 N–H and O–H groups in total. The number of carbonyl (C=O) groups is 1. The lowest BCUT2D eigenvalue weighted by atomic mass is 9.90. The number of aliphatic hydroxyl groups excluding tert-OH is 1. The number of amides is 1. The SMILES string of the molecule is CCC(=O)N1CCC(c2ccc3nc(CC)c(N(C)c4nc(-c5ccc(F)cc5)c(CO)s4)n3c2)CC1. The van der Waals surface area contributed by atoms with Crippen molar-refractivity contribution in [1.29, 1.82) is 0 Å². The fourth-order valence-electron chi connectivity index (χ4n) is 5.13. The summed E-state index contributed by atoms with van der Waals surface area (Å²) in [4.78, 5) is 26.6. The number of fused-ring (bicyclic) bond motifs is 1. The first-order valence-corrected chi connectivity index (χ1v) is 13.6. The molecule has 4 heterocycles. The Bertz CT molecular complexity index is 1410.